The van der Waals surface area contributed by atoms with Crippen LogP contribution in [0.4, 0.5) is 5.69 Å². The molecule has 1 saturated heterocycles. The number of benzene rings is 1. The molecule has 1 N–H and O–H groups in total. The molecular formula is C15H22N2O2. The van der Waals surface area contributed by atoms with Crippen molar-refractivity contribution in [2.24, 2.45) is 0 Å². The van der Waals surface area contributed by atoms with E-state index in [1.54, 1.807) is 0 Å². The Morgan fingerprint density at radius 2 is 2.11 bits per heavy atom. The summed E-state index contributed by atoms with van der Waals surface area (Å²) in [5.41, 5.74) is 1.11. The number of fused-ring (bicyclic) bond motifs is 1. The second-order valence-corrected chi connectivity index (χ2v) is 5.35. The summed E-state index contributed by atoms with van der Waals surface area (Å²) in [6, 6.07) is 8.15. The van der Waals surface area contributed by atoms with Crippen molar-refractivity contribution in [1.82, 2.24) is 4.90 Å². The van der Waals surface area contributed by atoms with Gasteiger partial charge in [0.05, 0.1) is 18.3 Å². The summed E-state index contributed by atoms with van der Waals surface area (Å²) in [5, 5.41) is 3.45. The van der Waals surface area contributed by atoms with E-state index >= 15 is 0 Å². The molecule has 0 aromatic heterocycles. The number of ether oxygens (including phenoxy) is 2. The van der Waals surface area contributed by atoms with Crippen molar-refractivity contribution in [2.45, 2.75) is 25.0 Å². The molecule has 0 amide bonds. The summed E-state index contributed by atoms with van der Waals surface area (Å²) >= 11 is 0. The maximum atomic E-state index is 6.05. The highest BCUT2D eigenvalue weighted by Gasteiger charge is 2.24. The van der Waals surface area contributed by atoms with E-state index in [1.165, 1.54) is 0 Å². The lowest BCUT2D eigenvalue weighted by Crippen LogP contribution is -2.45. The van der Waals surface area contributed by atoms with Crippen molar-refractivity contribution in [3.8, 4) is 5.75 Å². The maximum Gasteiger partial charge on any atom is 0.142 e. The lowest BCUT2D eigenvalue weighted by atomic mass is 10.1. The van der Waals surface area contributed by atoms with Crippen LogP contribution in [0.3, 0.4) is 0 Å². The predicted octanol–water partition coefficient (Wildman–Crippen LogP) is 1.97. The molecule has 104 valence electrons. The van der Waals surface area contributed by atoms with E-state index in [1.807, 2.05) is 25.3 Å². The molecule has 19 heavy (non-hydrogen) atoms. The summed E-state index contributed by atoms with van der Waals surface area (Å²) in [5.74, 6) is 0.977. The second-order valence-electron chi connectivity index (χ2n) is 5.35. The number of nitrogens with one attached hydrogen (secondary N) is 1. The lowest BCUT2D eigenvalue weighted by molar-refractivity contribution is 0.0289. The Kier molecular flexibility index (Phi) is 3.89. The Labute approximate surface area is 114 Å². The van der Waals surface area contributed by atoms with E-state index in [0.29, 0.717) is 6.10 Å². The third-order valence-corrected chi connectivity index (χ3v) is 4.03. The summed E-state index contributed by atoms with van der Waals surface area (Å²) in [4.78, 5) is 2.48. The van der Waals surface area contributed by atoms with Crippen molar-refractivity contribution in [3.05, 3.63) is 24.3 Å². The van der Waals surface area contributed by atoms with Crippen LogP contribution in [-0.2, 0) is 4.74 Å². The highest BCUT2D eigenvalue weighted by atomic mass is 16.5. The molecule has 1 aromatic carbocycles. The molecule has 3 rings (SSSR count). The fraction of sp³-hybridized carbons (Fsp3) is 0.600. The van der Waals surface area contributed by atoms with Gasteiger partial charge in [-0.25, -0.2) is 0 Å². The number of likely N-dealkylation sites (tertiary alicyclic amines) is 1. The molecule has 4 nitrogen and oxygen atoms in total. The molecule has 1 fully saturated rings. The number of piperidine rings is 1. The minimum Gasteiger partial charge on any atom is -0.485 e. The Bertz CT molecular complexity index is 416. The zero-order valence-corrected chi connectivity index (χ0v) is 11.5. The first-order chi connectivity index (χ1) is 9.35. The van der Waals surface area contributed by atoms with E-state index in [9.17, 15) is 0 Å². The standard InChI is InChI=1S/C15H22N2O2/c1-18-12-6-8-17(9-7-12)11-13-10-16-14-4-2-3-5-15(14)19-13/h2-5,12-13,16H,6-11H2,1H3. The Morgan fingerprint density at radius 1 is 1.32 bits per heavy atom. The van der Waals surface area contributed by atoms with Gasteiger partial charge >= 0.3 is 0 Å². The monoisotopic (exact) mass is 262 g/mol. The van der Waals surface area contributed by atoms with Crippen LogP contribution in [0.2, 0.25) is 0 Å². The lowest BCUT2D eigenvalue weighted by Gasteiger charge is -2.35. The molecule has 0 bridgehead atoms. The molecule has 0 saturated carbocycles. The van der Waals surface area contributed by atoms with E-state index < -0.39 is 0 Å². The van der Waals surface area contributed by atoms with Gasteiger partial charge in [-0.3, -0.25) is 4.90 Å². The van der Waals surface area contributed by atoms with Gasteiger partial charge < -0.3 is 14.8 Å². The first kappa shape index (κ1) is 12.8. The van der Waals surface area contributed by atoms with E-state index in [0.717, 1.165) is 50.5 Å². The molecule has 1 atom stereocenters. The molecule has 2 aliphatic heterocycles. The molecule has 1 aromatic rings. The molecule has 2 aliphatic rings. The largest absolute Gasteiger partial charge is 0.485 e. The van der Waals surface area contributed by atoms with Crippen LogP contribution in [-0.4, -0.2) is 50.4 Å². The van der Waals surface area contributed by atoms with Crippen LogP contribution in [0.25, 0.3) is 0 Å². The quantitative estimate of drug-likeness (QED) is 0.903. The van der Waals surface area contributed by atoms with E-state index in [4.69, 9.17) is 9.47 Å². The van der Waals surface area contributed by atoms with Crippen LogP contribution in [0.1, 0.15) is 12.8 Å². The summed E-state index contributed by atoms with van der Waals surface area (Å²) in [7, 11) is 1.81. The average molecular weight is 262 g/mol. The van der Waals surface area contributed by atoms with Crippen molar-refractivity contribution in [2.75, 3.05) is 38.6 Å². The van der Waals surface area contributed by atoms with Crippen LogP contribution in [0.5, 0.6) is 5.75 Å². The van der Waals surface area contributed by atoms with Crippen LogP contribution >= 0.6 is 0 Å². The zero-order chi connectivity index (χ0) is 13.1. The van der Waals surface area contributed by atoms with E-state index in [-0.39, 0.29) is 6.10 Å². The van der Waals surface area contributed by atoms with Crippen LogP contribution < -0.4 is 10.1 Å². The fourth-order valence-corrected chi connectivity index (χ4v) is 2.88. The van der Waals surface area contributed by atoms with Gasteiger partial charge in [-0.2, -0.15) is 0 Å². The minimum atomic E-state index is 0.244. The number of methoxy groups -OCH3 is 1. The topological polar surface area (TPSA) is 33.7 Å². The highest BCUT2D eigenvalue weighted by molar-refractivity contribution is 5.57. The fourth-order valence-electron chi connectivity index (χ4n) is 2.88. The number of hydrogen-bond acceptors (Lipinski definition) is 4. The molecule has 0 spiro atoms. The Hall–Kier alpha value is -1.26. The number of nitrogens with zero attached hydrogens (tertiary/aromatic N) is 1. The number of para-hydroxylation sites is 2. The highest BCUT2D eigenvalue weighted by Crippen LogP contribution is 2.28. The van der Waals surface area contributed by atoms with Crippen LogP contribution in [0, 0.1) is 0 Å². The van der Waals surface area contributed by atoms with Gasteiger partial charge in [-0.1, -0.05) is 12.1 Å². The molecular weight excluding hydrogens is 240 g/mol. The Morgan fingerprint density at radius 3 is 2.89 bits per heavy atom. The molecule has 4 heteroatoms. The molecule has 0 aliphatic carbocycles. The van der Waals surface area contributed by atoms with Crippen molar-refractivity contribution >= 4 is 5.69 Å². The normalized spacial score (nSPS) is 24.4. The zero-order valence-electron chi connectivity index (χ0n) is 11.5. The van der Waals surface area contributed by atoms with Crippen molar-refractivity contribution in [3.63, 3.8) is 0 Å². The minimum absolute atomic E-state index is 0.244. The van der Waals surface area contributed by atoms with Gasteiger partial charge in [0.2, 0.25) is 0 Å². The van der Waals surface area contributed by atoms with Gasteiger partial charge in [0, 0.05) is 26.7 Å². The molecule has 1 unspecified atom stereocenters. The number of anilines is 1. The van der Waals surface area contributed by atoms with Gasteiger partial charge in [-0.15, -0.1) is 0 Å². The van der Waals surface area contributed by atoms with Gasteiger partial charge in [0.25, 0.3) is 0 Å². The van der Waals surface area contributed by atoms with Gasteiger partial charge in [-0.05, 0) is 25.0 Å². The number of hydrogen-bond donors (Lipinski definition) is 1. The summed E-state index contributed by atoms with van der Waals surface area (Å²) < 4.78 is 11.5. The van der Waals surface area contributed by atoms with Gasteiger partial charge in [0.15, 0.2) is 0 Å². The van der Waals surface area contributed by atoms with Crippen molar-refractivity contribution in [1.29, 1.82) is 0 Å². The summed E-state index contributed by atoms with van der Waals surface area (Å²) in [6.45, 7) is 4.11. The first-order valence-electron chi connectivity index (χ1n) is 7.10. The molecule has 0 radical (unpaired) electrons. The van der Waals surface area contributed by atoms with Gasteiger partial charge in [0.1, 0.15) is 11.9 Å². The summed E-state index contributed by atoms with van der Waals surface area (Å²) in [6.07, 6.45) is 2.96. The SMILES string of the molecule is COC1CCN(CC2CNc3ccccc3O2)CC1. The third kappa shape index (κ3) is 3.01. The first-order valence-corrected chi connectivity index (χ1v) is 7.10. The molecule has 2 heterocycles. The smallest absolute Gasteiger partial charge is 0.142 e. The van der Waals surface area contributed by atoms with E-state index in [2.05, 4.69) is 16.3 Å². The number of rotatable bonds is 3. The Balaban J connectivity index is 1.52. The van der Waals surface area contributed by atoms with Crippen molar-refractivity contribution < 1.29 is 9.47 Å². The maximum absolute atomic E-state index is 6.05. The third-order valence-electron chi connectivity index (χ3n) is 4.03. The average Bonchev–Trinajstić information content (AvgIpc) is 2.48. The second kappa shape index (κ2) is 5.80. The predicted molar refractivity (Wildman–Crippen MR) is 75.8 cm³/mol. The van der Waals surface area contributed by atoms with Crippen LogP contribution in [0.15, 0.2) is 24.3 Å².